The fourth-order valence-corrected chi connectivity index (χ4v) is 6.09. The van der Waals surface area contributed by atoms with Crippen LogP contribution >= 0.6 is 11.8 Å². The van der Waals surface area contributed by atoms with Gasteiger partial charge in [-0.3, -0.25) is 14.4 Å². The Morgan fingerprint density at radius 2 is 1.76 bits per heavy atom. The average Bonchev–Trinajstić information content (AvgIpc) is 3.32. The average molecular weight is 426 g/mol. The molecule has 0 radical (unpaired) electrons. The first-order chi connectivity index (χ1) is 13.9. The molecule has 2 fully saturated rings. The van der Waals surface area contributed by atoms with Gasteiger partial charge in [-0.05, 0) is 49.7 Å². The van der Waals surface area contributed by atoms with Gasteiger partial charge in [0.1, 0.15) is 0 Å². The van der Waals surface area contributed by atoms with Crippen LogP contribution in [0.25, 0.3) is 0 Å². The molecule has 0 heterocycles. The maximum atomic E-state index is 12.6. The molecule has 1 N–H and O–H groups in total. The molecule has 166 valence electrons. The Labute approximate surface area is 180 Å². The van der Waals surface area contributed by atoms with Crippen LogP contribution < -0.4 is 5.32 Å². The van der Waals surface area contributed by atoms with Crippen LogP contribution in [-0.2, 0) is 14.4 Å². The summed E-state index contributed by atoms with van der Waals surface area (Å²) in [5.74, 6) is 2.27. The standard InChI is InChI=1S/C22H39N3O3S/c1-5-9-25(11-10-24(3)21(27)6-2)22(28)8-7-20(26)23-15-17-12-16-13-18(17)19(14-16)29-4/h16-19H,5-15H2,1-4H3,(H,23,26). The van der Waals surface area contributed by atoms with Crippen LogP contribution in [0.1, 0.15) is 58.8 Å². The van der Waals surface area contributed by atoms with Gasteiger partial charge in [-0.2, -0.15) is 11.8 Å². The molecule has 2 saturated carbocycles. The highest BCUT2D eigenvalue weighted by atomic mass is 32.2. The zero-order chi connectivity index (χ0) is 21.4. The molecule has 3 amide bonds. The van der Waals surface area contributed by atoms with Gasteiger partial charge in [0.05, 0.1) is 0 Å². The van der Waals surface area contributed by atoms with Crippen molar-refractivity contribution >= 4 is 29.5 Å². The number of nitrogens with zero attached hydrogens (tertiary/aromatic N) is 2. The van der Waals surface area contributed by atoms with Gasteiger partial charge in [0.2, 0.25) is 17.7 Å². The van der Waals surface area contributed by atoms with Crippen LogP contribution in [-0.4, -0.2) is 72.3 Å². The molecule has 4 atom stereocenters. The number of rotatable bonds is 12. The van der Waals surface area contributed by atoms with E-state index in [9.17, 15) is 14.4 Å². The molecule has 4 unspecified atom stereocenters. The summed E-state index contributed by atoms with van der Waals surface area (Å²) in [6.45, 7) is 6.35. The van der Waals surface area contributed by atoms with E-state index in [1.165, 1.54) is 19.3 Å². The Bertz CT molecular complexity index is 572. The molecule has 2 aliphatic carbocycles. The number of likely N-dealkylation sites (N-methyl/N-ethyl adjacent to an activating group) is 1. The van der Waals surface area contributed by atoms with Gasteiger partial charge in [-0.25, -0.2) is 0 Å². The number of nitrogens with one attached hydrogen (secondary N) is 1. The highest BCUT2D eigenvalue weighted by Gasteiger charge is 2.45. The fourth-order valence-electron chi connectivity index (χ4n) is 4.94. The predicted molar refractivity (Wildman–Crippen MR) is 119 cm³/mol. The molecular formula is C22H39N3O3S. The molecular weight excluding hydrogens is 386 g/mol. The maximum Gasteiger partial charge on any atom is 0.223 e. The number of amides is 3. The van der Waals surface area contributed by atoms with E-state index in [1.807, 2.05) is 25.6 Å². The number of fused-ring (bicyclic) bond motifs is 2. The van der Waals surface area contributed by atoms with Gasteiger partial charge in [-0.15, -0.1) is 0 Å². The lowest BCUT2D eigenvalue weighted by Gasteiger charge is -2.28. The zero-order valence-electron chi connectivity index (χ0n) is 18.6. The summed E-state index contributed by atoms with van der Waals surface area (Å²) in [4.78, 5) is 40.0. The van der Waals surface area contributed by atoms with Crippen molar-refractivity contribution in [1.29, 1.82) is 0 Å². The molecule has 0 spiro atoms. The summed E-state index contributed by atoms with van der Waals surface area (Å²) in [5, 5.41) is 3.84. The number of thioether (sulfide) groups is 1. The van der Waals surface area contributed by atoms with Gasteiger partial charge in [-0.1, -0.05) is 13.8 Å². The minimum Gasteiger partial charge on any atom is -0.356 e. The summed E-state index contributed by atoms with van der Waals surface area (Å²) in [6, 6.07) is 0. The fraction of sp³-hybridized carbons (Fsp3) is 0.864. The molecule has 0 aromatic rings. The van der Waals surface area contributed by atoms with Crippen molar-refractivity contribution in [3.05, 3.63) is 0 Å². The van der Waals surface area contributed by atoms with E-state index in [4.69, 9.17) is 0 Å². The van der Waals surface area contributed by atoms with Crippen LogP contribution in [0.2, 0.25) is 0 Å². The summed E-state index contributed by atoms with van der Waals surface area (Å²) in [6.07, 6.45) is 7.93. The van der Waals surface area contributed by atoms with Crippen molar-refractivity contribution < 1.29 is 14.4 Å². The molecule has 0 saturated heterocycles. The first-order valence-electron chi connectivity index (χ1n) is 11.2. The predicted octanol–water partition coefficient (Wildman–Crippen LogP) is 2.77. The van der Waals surface area contributed by atoms with E-state index in [1.54, 1.807) is 16.8 Å². The van der Waals surface area contributed by atoms with Crippen molar-refractivity contribution in [3.63, 3.8) is 0 Å². The molecule has 29 heavy (non-hydrogen) atoms. The van der Waals surface area contributed by atoms with E-state index in [-0.39, 0.29) is 30.6 Å². The molecule has 2 aliphatic rings. The molecule has 2 rings (SSSR count). The normalized spacial score (nSPS) is 25.1. The van der Waals surface area contributed by atoms with E-state index in [0.29, 0.717) is 32.0 Å². The second kappa shape index (κ2) is 11.8. The van der Waals surface area contributed by atoms with Gasteiger partial charge in [0, 0.05) is 57.7 Å². The van der Waals surface area contributed by atoms with Crippen molar-refractivity contribution in [3.8, 4) is 0 Å². The zero-order valence-corrected chi connectivity index (χ0v) is 19.4. The SMILES string of the molecule is CCCN(CCN(C)C(=O)CC)C(=O)CCC(=O)NCC1CC2CC(SC)C1C2. The van der Waals surface area contributed by atoms with Crippen molar-refractivity contribution in [2.24, 2.45) is 17.8 Å². The maximum absolute atomic E-state index is 12.6. The Morgan fingerprint density at radius 3 is 2.38 bits per heavy atom. The highest BCUT2D eigenvalue weighted by molar-refractivity contribution is 7.99. The highest BCUT2D eigenvalue weighted by Crippen LogP contribution is 2.51. The van der Waals surface area contributed by atoms with Crippen molar-refractivity contribution in [2.45, 2.75) is 64.0 Å². The second-order valence-electron chi connectivity index (χ2n) is 8.62. The Balaban J connectivity index is 1.70. The van der Waals surface area contributed by atoms with Crippen LogP contribution in [0.5, 0.6) is 0 Å². The van der Waals surface area contributed by atoms with Crippen molar-refractivity contribution in [1.82, 2.24) is 15.1 Å². The smallest absolute Gasteiger partial charge is 0.223 e. The number of carbonyl (C=O) groups excluding carboxylic acids is 3. The number of hydrogen-bond donors (Lipinski definition) is 1. The molecule has 0 aromatic heterocycles. The third kappa shape index (κ3) is 6.90. The van der Waals surface area contributed by atoms with Gasteiger partial charge in [0.15, 0.2) is 0 Å². The lowest BCUT2D eigenvalue weighted by molar-refractivity contribution is -0.135. The largest absolute Gasteiger partial charge is 0.356 e. The van der Waals surface area contributed by atoms with Gasteiger partial charge < -0.3 is 15.1 Å². The molecule has 6 nitrogen and oxygen atoms in total. The quantitative estimate of drug-likeness (QED) is 0.522. The summed E-state index contributed by atoms with van der Waals surface area (Å²) in [7, 11) is 1.77. The lowest BCUT2D eigenvalue weighted by atomic mass is 9.88. The molecule has 0 aliphatic heterocycles. The van der Waals surface area contributed by atoms with Crippen LogP contribution in [0.15, 0.2) is 0 Å². The summed E-state index contributed by atoms with van der Waals surface area (Å²) >= 11 is 1.98. The monoisotopic (exact) mass is 425 g/mol. The summed E-state index contributed by atoms with van der Waals surface area (Å²) < 4.78 is 0. The third-order valence-electron chi connectivity index (χ3n) is 6.60. The first kappa shape index (κ1) is 24.0. The second-order valence-corrected chi connectivity index (χ2v) is 9.70. The minimum atomic E-state index is -0.0171. The topological polar surface area (TPSA) is 69.7 Å². The van der Waals surface area contributed by atoms with E-state index in [2.05, 4.69) is 11.6 Å². The molecule has 7 heteroatoms. The van der Waals surface area contributed by atoms with E-state index < -0.39 is 0 Å². The van der Waals surface area contributed by atoms with E-state index in [0.717, 1.165) is 30.1 Å². The lowest BCUT2D eigenvalue weighted by Crippen LogP contribution is -2.40. The van der Waals surface area contributed by atoms with Crippen molar-refractivity contribution in [2.75, 3.05) is 39.5 Å². The Morgan fingerprint density at radius 1 is 1.00 bits per heavy atom. The van der Waals surface area contributed by atoms with E-state index >= 15 is 0 Å². The van der Waals surface area contributed by atoms with Gasteiger partial charge in [0.25, 0.3) is 0 Å². The van der Waals surface area contributed by atoms with Crippen LogP contribution in [0.3, 0.4) is 0 Å². The number of hydrogen-bond acceptors (Lipinski definition) is 4. The Kier molecular flexibility index (Phi) is 9.80. The minimum absolute atomic E-state index is 0.00159. The number of carbonyl (C=O) groups is 3. The van der Waals surface area contributed by atoms with Crippen LogP contribution in [0.4, 0.5) is 0 Å². The molecule has 0 aromatic carbocycles. The van der Waals surface area contributed by atoms with Crippen LogP contribution in [0, 0.1) is 17.8 Å². The first-order valence-corrected chi connectivity index (χ1v) is 12.5. The summed E-state index contributed by atoms with van der Waals surface area (Å²) in [5.41, 5.74) is 0. The van der Waals surface area contributed by atoms with Gasteiger partial charge >= 0.3 is 0 Å². The molecule has 2 bridgehead atoms. The Hall–Kier alpha value is -1.24. The third-order valence-corrected chi connectivity index (χ3v) is 7.75.